The van der Waals surface area contributed by atoms with E-state index in [1.54, 1.807) is 6.07 Å². The normalized spacial score (nSPS) is 15.2. The van der Waals surface area contributed by atoms with Gasteiger partial charge in [-0.2, -0.15) is 0 Å². The van der Waals surface area contributed by atoms with Crippen molar-refractivity contribution >= 4 is 29.2 Å². The molecule has 4 N–H and O–H groups in total. The molecule has 0 aliphatic heterocycles. The van der Waals surface area contributed by atoms with E-state index in [4.69, 9.17) is 17.3 Å². The van der Waals surface area contributed by atoms with Gasteiger partial charge in [-0.1, -0.05) is 24.4 Å². The molecular formula is C13H16ClN3O2. The van der Waals surface area contributed by atoms with E-state index in [1.807, 2.05) is 0 Å². The summed E-state index contributed by atoms with van der Waals surface area (Å²) in [6.45, 7) is 0. The quantitative estimate of drug-likeness (QED) is 0.795. The third-order valence-electron chi connectivity index (χ3n) is 3.18. The number of urea groups is 1. The van der Waals surface area contributed by atoms with Gasteiger partial charge in [-0.25, -0.2) is 4.79 Å². The molecule has 0 unspecified atom stereocenters. The third-order valence-corrected chi connectivity index (χ3v) is 3.50. The number of nitrogens with two attached hydrogens (primary N) is 1. The van der Waals surface area contributed by atoms with Crippen LogP contribution in [0.5, 0.6) is 0 Å². The summed E-state index contributed by atoms with van der Waals surface area (Å²) in [5.41, 5.74) is 5.92. The minimum atomic E-state index is -0.591. The number of rotatable bonds is 3. The number of amides is 3. The molecule has 0 spiro atoms. The minimum absolute atomic E-state index is 0.228. The van der Waals surface area contributed by atoms with Crippen molar-refractivity contribution in [2.75, 3.05) is 5.32 Å². The Labute approximate surface area is 116 Å². The zero-order valence-corrected chi connectivity index (χ0v) is 11.2. The van der Waals surface area contributed by atoms with Gasteiger partial charge in [0.1, 0.15) is 0 Å². The first-order valence-corrected chi connectivity index (χ1v) is 6.61. The molecule has 1 aliphatic carbocycles. The predicted molar refractivity (Wildman–Crippen MR) is 74.4 cm³/mol. The van der Waals surface area contributed by atoms with E-state index in [-0.39, 0.29) is 22.7 Å². The van der Waals surface area contributed by atoms with E-state index in [0.717, 1.165) is 25.7 Å². The highest BCUT2D eigenvalue weighted by Gasteiger charge is 2.17. The standard InChI is InChI=1S/C13H16ClN3O2/c14-11-7-9(5-6-10(11)12(15)18)17-13(19)16-8-3-1-2-4-8/h5-8H,1-4H2,(H2,15,18)(H2,16,17,19). The van der Waals surface area contributed by atoms with E-state index in [1.165, 1.54) is 12.1 Å². The number of nitrogens with one attached hydrogen (secondary N) is 2. The molecule has 0 aromatic heterocycles. The van der Waals surface area contributed by atoms with Crippen LogP contribution in [0.1, 0.15) is 36.0 Å². The predicted octanol–water partition coefficient (Wildman–Crippen LogP) is 2.50. The van der Waals surface area contributed by atoms with E-state index in [0.29, 0.717) is 5.69 Å². The fourth-order valence-corrected chi connectivity index (χ4v) is 2.49. The number of halogens is 1. The topological polar surface area (TPSA) is 84.2 Å². The highest BCUT2D eigenvalue weighted by Crippen LogP contribution is 2.21. The Morgan fingerprint density at radius 2 is 1.95 bits per heavy atom. The number of benzene rings is 1. The number of anilines is 1. The van der Waals surface area contributed by atoms with Crippen molar-refractivity contribution in [3.8, 4) is 0 Å². The van der Waals surface area contributed by atoms with E-state index in [2.05, 4.69) is 10.6 Å². The third kappa shape index (κ3) is 3.61. The Kier molecular flexibility index (Phi) is 4.27. The first-order valence-electron chi connectivity index (χ1n) is 6.23. The lowest BCUT2D eigenvalue weighted by Crippen LogP contribution is -2.36. The largest absolute Gasteiger partial charge is 0.366 e. The summed E-state index contributed by atoms with van der Waals surface area (Å²) >= 11 is 5.91. The van der Waals surface area contributed by atoms with Gasteiger partial charge in [0.25, 0.3) is 0 Å². The number of carbonyl (C=O) groups excluding carboxylic acids is 2. The van der Waals surface area contributed by atoms with Crippen LogP contribution < -0.4 is 16.4 Å². The molecule has 1 aromatic carbocycles. The van der Waals surface area contributed by atoms with Crippen LogP contribution in [0.2, 0.25) is 5.02 Å². The SMILES string of the molecule is NC(=O)c1ccc(NC(=O)NC2CCCC2)cc1Cl. The van der Waals surface area contributed by atoms with Gasteiger partial charge in [0.2, 0.25) is 5.91 Å². The molecule has 0 heterocycles. The number of carbonyl (C=O) groups is 2. The summed E-state index contributed by atoms with van der Waals surface area (Å²) in [5.74, 6) is -0.591. The smallest absolute Gasteiger partial charge is 0.319 e. The van der Waals surface area contributed by atoms with Crippen LogP contribution in [0.3, 0.4) is 0 Å². The molecule has 1 aliphatic rings. The summed E-state index contributed by atoms with van der Waals surface area (Å²) in [6, 6.07) is 4.60. The lowest BCUT2D eigenvalue weighted by molar-refractivity contribution is 0.100. The maximum Gasteiger partial charge on any atom is 0.319 e. The summed E-state index contributed by atoms with van der Waals surface area (Å²) in [6.07, 6.45) is 4.36. The molecule has 19 heavy (non-hydrogen) atoms. The Balaban J connectivity index is 1.96. The van der Waals surface area contributed by atoms with Crippen LogP contribution >= 0.6 is 11.6 Å². The monoisotopic (exact) mass is 281 g/mol. The lowest BCUT2D eigenvalue weighted by Gasteiger charge is -2.13. The first kappa shape index (κ1) is 13.7. The van der Waals surface area contributed by atoms with Crippen LogP contribution in [-0.4, -0.2) is 18.0 Å². The molecule has 1 saturated carbocycles. The lowest BCUT2D eigenvalue weighted by atomic mass is 10.2. The average Bonchev–Trinajstić information content (AvgIpc) is 2.81. The number of hydrogen-bond acceptors (Lipinski definition) is 2. The molecule has 5 nitrogen and oxygen atoms in total. The van der Waals surface area contributed by atoms with Crippen LogP contribution in [-0.2, 0) is 0 Å². The highest BCUT2D eigenvalue weighted by molar-refractivity contribution is 6.34. The van der Waals surface area contributed by atoms with Crippen LogP contribution in [0, 0.1) is 0 Å². The molecule has 0 atom stereocenters. The second-order valence-corrected chi connectivity index (χ2v) is 5.05. The molecule has 6 heteroatoms. The van der Waals surface area contributed by atoms with Crippen molar-refractivity contribution in [1.29, 1.82) is 0 Å². The molecular weight excluding hydrogens is 266 g/mol. The molecule has 1 fully saturated rings. The Morgan fingerprint density at radius 3 is 2.53 bits per heavy atom. The van der Waals surface area contributed by atoms with E-state index >= 15 is 0 Å². The Bertz CT molecular complexity index is 499. The molecule has 2 rings (SSSR count). The van der Waals surface area contributed by atoms with Crippen LogP contribution in [0.15, 0.2) is 18.2 Å². The maximum atomic E-state index is 11.7. The summed E-state index contributed by atoms with van der Waals surface area (Å²) in [7, 11) is 0. The summed E-state index contributed by atoms with van der Waals surface area (Å²) in [5, 5.41) is 5.82. The molecule has 3 amide bonds. The maximum absolute atomic E-state index is 11.7. The van der Waals surface area contributed by atoms with Gasteiger partial charge in [-0.05, 0) is 31.0 Å². The van der Waals surface area contributed by atoms with E-state index in [9.17, 15) is 9.59 Å². The zero-order valence-electron chi connectivity index (χ0n) is 10.4. The molecule has 0 saturated heterocycles. The highest BCUT2D eigenvalue weighted by atomic mass is 35.5. The van der Waals surface area contributed by atoms with Gasteiger partial charge in [-0.3, -0.25) is 4.79 Å². The fraction of sp³-hybridized carbons (Fsp3) is 0.385. The molecule has 102 valence electrons. The van der Waals surface area contributed by atoms with Gasteiger partial charge < -0.3 is 16.4 Å². The summed E-state index contributed by atoms with van der Waals surface area (Å²) in [4.78, 5) is 22.8. The molecule has 0 radical (unpaired) electrons. The molecule has 1 aromatic rings. The number of primary amides is 1. The van der Waals surface area contributed by atoms with Crippen molar-refractivity contribution < 1.29 is 9.59 Å². The van der Waals surface area contributed by atoms with Crippen molar-refractivity contribution in [2.45, 2.75) is 31.7 Å². The van der Waals surface area contributed by atoms with Gasteiger partial charge in [0, 0.05) is 11.7 Å². The molecule has 0 bridgehead atoms. The van der Waals surface area contributed by atoms with E-state index < -0.39 is 5.91 Å². The summed E-state index contributed by atoms with van der Waals surface area (Å²) < 4.78 is 0. The van der Waals surface area contributed by atoms with Gasteiger partial charge in [0.05, 0.1) is 10.6 Å². The Morgan fingerprint density at radius 1 is 1.26 bits per heavy atom. The first-order chi connectivity index (χ1) is 9.06. The zero-order chi connectivity index (χ0) is 13.8. The van der Waals surface area contributed by atoms with Gasteiger partial charge in [-0.15, -0.1) is 0 Å². The fourth-order valence-electron chi connectivity index (χ4n) is 2.22. The number of hydrogen-bond donors (Lipinski definition) is 3. The van der Waals surface area contributed by atoms with Crippen LogP contribution in [0.4, 0.5) is 10.5 Å². The van der Waals surface area contributed by atoms with Gasteiger partial charge in [0.15, 0.2) is 0 Å². The second-order valence-electron chi connectivity index (χ2n) is 4.64. The van der Waals surface area contributed by atoms with Crippen molar-refractivity contribution in [3.05, 3.63) is 28.8 Å². The minimum Gasteiger partial charge on any atom is -0.366 e. The van der Waals surface area contributed by atoms with Crippen LogP contribution in [0.25, 0.3) is 0 Å². The second kappa shape index (κ2) is 5.93. The average molecular weight is 282 g/mol. The van der Waals surface area contributed by atoms with Crippen molar-refractivity contribution in [3.63, 3.8) is 0 Å². The Hall–Kier alpha value is -1.75. The van der Waals surface area contributed by atoms with Gasteiger partial charge >= 0.3 is 6.03 Å². The van der Waals surface area contributed by atoms with Crippen molar-refractivity contribution in [2.24, 2.45) is 5.73 Å². The van der Waals surface area contributed by atoms with Crippen molar-refractivity contribution in [1.82, 2.24) is 5.32 Å².